The molecule has 0 bridgehead atoms. The van der Waals surface area contributed by atoms with Crippen molar-refractivity contribution in [2.75, 3.05) is 6.61 Å². The first-order valence-electron chi connectivity index (χ1n) is 4.02. The molecule has 13 heavy (non-hydrogen) atoms. The fraction of sp³-hybridized carbons (Fsp3) is 0.333. The second-order valence-electron chi connectivity index (χ2n) is 3.01. The molecule has 0 N–H and O–H groups in total. The summed E-state index contributed by atoms with van der Waals surface area (Å²) < 4.78 is 6.28. The van der Waals surface area contributed by atoms with Gasteiger partial charge in [0.05, 0.1) is 11.1 Å². The van der Waals surface area contributed by atoms with Crippen LogP contribution in [0.2, 0.25) is 0 Å². The summed E-state index contributed by atoms with van der Waals surface area (Å²) in [5.74, 6) is 0.866. The van der Waals surface area contributed by atoms with Gasteiger partial charge in [0.25, 0.3) is 0 Å². The fourth-order valence-corrected chi connectivity index (χ4v) is 2.03. The number of hydrogen-bond donors (Lipinski definition) is 0. The Labute approximate surface area is 84.2 Å². The minimum absolute atomic E-state index is 0.496. The van der Waals surface area contributed by atoms with Crippen LogP contribution in [0.1, 0.15) is 11.1 Å². The van der Waals surface area contributed by atoms with Gasteiger partial charge in [0.15, 0.2) is 0 Å². The van der Waals surface area contributed by atoms with Crippen molar-refractivity contribution in [1.82, 2.24) is 0 Å². The van der Waals surface area contributed by atoms with E-state index in [-0.39, 0.29) is 0 Å². The van der Waals surface area contributed by atoms with Crippen LogP contribution in [0.5, 0.6) is 5.75 Å². The third-order valence-electron chi connectivity index (χ3n) is 2.23. The van der Waals surface area contributed by atoms with E-state index in [0.29, 0.717) is 12.3 Å². The van der Waals surface area contributed by atoms with E-state index in [4.69, 9.17) is 4.74 Å². The summed E-state index contributed by atoms with van der Waals surface area (Å²) in [6.07, 6.45) is 0.858. The number of hydrogen-bond acceptors (Lipinski definition) is 3. The van der Waals surface area contributed by atoms with E-state index in [2.05, 4.69) is 21.1 Å². The van der Waals surface area contributed by atoms with Crippen LogP contribution < -0.4 is 4.74 Å². The molecule has 4 heteroatoms. The van der Waals surface area contributed by atoms with Crippen LogP contribution in [0.3, 0.4) is 0 Å². The zero-order valence-corrected chi connectivity index (χ0v) is 8.72. The van der Waals surface area contributed by atoms with Crippen molar-refractivity contribution in [1.29, 1.82) is 0 Å². The molecular weight excluding hydrogens is 234 g/mol. The number of nitrogens with zero attached hydrogens (tertiary/aromatic N) is 1. The molecule has 1 aliphatic rings. The third kappa shape index (κ3) is 1.25. The second kappa shape index (κ2) is 3.10. The maximum Gasteiger partial charge on any atom is 0.137 e. The lowest BCUT2D eigenvalue weighted by atomic mass is 10.1. The number of fused-ring (bicyclic) bond motifs is 1. The van der Waals surface area contributed by atoms with Gasteiger partial charge in [-0.25, -0.2) is 0 Å². The molecule has 3 nitrogen and oxygen atoms in total. The number of rotatable bonds is 1. The third-order valence-corrected chi connectivity index (χ3v) is 3.19. The molecule has 1 aromatic rings. The Morgan fingerprint density at radius 2 is 2.38 bits per heavy atom. The van der Waals surface area contributed by atoms with Crippen LogP contribution in [0.15, 0.2) is 15.7 Å². The molecule has 68 valence electrons. The molecule has 0 radical (unpaired) electrons. The number of ether oxygens (including phenoxy) is 1. The molecule has 1 aliphatic heterocycles. The van der Waals surface area contributed by atoms with Gasteiger partial charge < -0.3 is 4.74 Å². The quantitative estimate of drug-likeness (QED) is 0.709. The summed E-state index contributed by atoms with van der Waals surface area (Å²) in [6.45, 7) is 2.54. The standard InChI is InChI=1S/C9H8BrNO2/c1-5-7(11-12)4-6-2-3-13-9(6)8(5)10/h4H,2-3H2,1H3. The van der Waals surface area contributed by atoms with E-state index in [0.717, 1.165) is 27.8 Å². The van der Waals surface area contributed by atoms with Crippen molar-refractivity contribution < 1.29 is 4.74 Å². The topological polar surface area (TPSA) is 38.7 Å². The Kier molecular flexibility index (Phi) is 2.07. The molecule has 0 atom stereocenters. The van der Waals surface area contributed by atoms with E-state index in [1.165, 1.54) is 0 Å². The van der Waals surface area contributed by atoms with E-state index < -0.39 is 0 Å². The lowest BCUT2D eigenvalue weighted by Gasteiger charge is -2.06. The lowest BCUT2D eigenvalue weighted by Crippen LogP contribution is -1.87. The smallest absolute Gasteiger partial charge is 0.137 e. The molecule has 0 fully saturated rings. The minimum Gasteiger partial charge on any atom is -0.492 e. The zero-order chi connectivity index (χ0) is 9.42. The van der Waals surface area contributed by atoms with Crippen molar-refractivity contribution in [3.8, 4) is 5.75 Å². The molecule has 0 spiro atoms. The average molecular weight is 242 g/mol. The summed E-state index contributed by atoms with van der Waals surface area (Å²) >= 11 is 3.40. The Bertz CT molecular complexity index is 376. The van der Waals surface area contributed by atoms with Crippen LogP contribution in [0.25, 0.3) is 0 Å². The summed E-state index contributed by atoms with van der Waals surface area (Å²) in [7, 11) is 0. The van der Waals surface area contributed by atoms with Gasteiger partial charge in [-0.2, -0.15) is 0 Å². The van der Waals surface area contributed by atoms with E-state index in [1.54, 1.807) is 6.07 Å². The molecule has 1 aromatic carbocycles. The SMILES string of the molecule is Cc1c(N=O)cc2c(c1Br)OCC2. The van der Waals surface area contributed by atoms with Gasteiger partial charge >= 0.3 is 0 Å². The monoisotopic (exact) mass is 241 g/mol. The van der Waals surface area contributed by atoms with Gasteiger partial charge in [-0.15, -0.1) is 4.91 Å². The van der Waals surface area contributed by atoms with Gasteiger partial charge in [-0.05, 0) is 39.7 Å². The van der Waals surface area contributed by atoms with Crippen LogP contribution in [0, 0.1) is 11.8 Å². The normalized spacial score (nSPS) is 13.7. The summed E-state index contributed by atoms with van der Waals surface area (Å²) in [5, 5.41) is 2.97. The molecular formula is C9H8BrNO2. The largest absolute Gasteiger partial charge is 0.492 e. The number of halogens is 1. The summed E-state index contributed by atoms with van der Waals surface area (Å²) in [6, 6.07) is 1.80. The van der Waals surface area contributed by atoms with Crippen molar-refractivity contribution in [2.45, 2.75) is 13.3 Å². The van der Waals surface area contributed by atoms with Crippen LogP contribution >= 0.6 is 15.9 Å². The Morgan fingerprint density at radius 1 is 1.62 bits per heavy atom. The molecule has 2 rings (SSSR count). The van der Waals surface area contributed by atoms with Crippen LogP contribution in [-0.2, 0) is 6.42 Å². The molecule has 0 amide bonds. The highest BCUT2D eigenvalue weighted by Gasteiger charge is 2.19. The van der Waals surface area contributed by atoms with E-state index in [9.17, 15) is 4.91 Å². The van der Waals surface area contributed by atoms with E-state index >= 15 is 0 Å². The maximum absolute atomic E-state index is 10.5. The van der Waals surface area contributed by atoms with Crippen LogP contribution in [-0.4, -0.2) is 6.61 Å². The summed E-state index contributed by atoms with van der Waals surface area (Å²) in [4.78, 5) is 10.5. The lowest BCUT2D eigenvalue weighted by molar-refractivity contribution is 0.354. The average Bonchev–Trinajstić information content (AvgIpc) is 2.59. The fourth-order valence-electron chi connectivity index (χ4n) is 1.46. The number of benzene rings is 1. The molecule has 0 aliphatic carbocycles. The summed E-state index contributed by atoms with van der Waals surface area (Å²) in [5.41, 5.74) is 2.40. The Balaban J connectivity index is 2.68. The predicted molar refractivity (Wildman–Crippen MR) is 53.5 cm³/mol. The van der Waals surface area contributed by atoms with Crippen molar-refractivity contribution >= 4 is 21.6 Å². The highest BCUT2D eigenvalue weighted by Crippen LogP contribution is 2.40. The molecule has 0 aromatic heterocycles. The molecule has 0 unspecified atom stereocenters. The van der Waals surface area contributed by atoms with E-state index in [1.807, 2.05) is 6.92 Å². The minimum atomic E-state index is 0.496. The second-order valence-corrected chi connectivity index (χ2v) is 3.81. The first-order valence-corrected chi connectivity index (χ1v) is 4.81. The first kappa shape index (κ1) is 8.69. The highest BCUT2D eigenvalue weighted by atomic mass is 79.9. The van der Waals surface area contributed by atoms with Gasteiger partial charge in [-0.1, -0.05) is 0 Å². The first-order chi connectivity index (χ1) is 6.24. The zero-order valence-electron chi connectivity index (χ0n) is 7.13. The molecule has 0 saturated carbocycles. The van der Waals surface area contributed by atoms with Crippen molar-refractivity contribution in [3.05, 3.63) is 26.6 Å². The van der Waals surface area contributed by atoms with Crippen LogP contribution in [0.4, 0.5) is 5.69 Å². The highest BCUT2D eigenvalue weighted by molar-refractivity contribution is 9.10. The van der Waals surface area contributed by atoms with Crippen molar-refractivity contribution in [3.63, 3.8) is 0 Å². The van der Waals surface area contributed by atoms with Gasteiger partial charge in [0.2, 0.25) is 0 Å². The molecule has 0 saturated heterocycles. The maximum atomic E-state index is 10.5. The van der Waals surface area contributed by atoms with Gasteiger partial charge in [-0.3, -0.25) is 0 Å². The van der Waals surface area contributed by atoms with Gasteiger partial charge in [0, 0.05) is 12.0 Å². The molecule has 1 heterocycles. The van der Waals surface area contributed by atoms with Gasteiger partial charge in [0.1, 0.15) is 11.4 Å². The number of nitroso groups, excluding NO2 is 1. The Morgan fingerprint density at radius 3 is 3.08 bits per heavy atom. The van der Waals surface area contributed by atoms with Crippen molar-refractivity contribution in [2.24, 2.45) is 5.18 Å². The Hall–Kier alpha value is -0.900. The predicted octanol–water partition coefficient (Wildman–Crippen LogP) is 3.09.